The van der Waals surface area contributed by atoms with Gasteiger partial charge < -0.3 is 4.90 Å². The molecule has 0 N–H and O–H groups in total. The van der Waals surface area contributed by atoms with Crippen LogP contribution in [0.5, 0.6) is 0 Å². The van der Waals surface area contributed by atoms with Gasteiger partial charge in [0.05, 0.1) is 0 Å². The molecule has 2 heteroatoms. The summed E-state index contributed by atoms with van der Waals surface area (Å²) in [6.45, 7) is 5.51. The highest BCUT2D eigenvalue weighted by atomic mass is 15.1. The summed E-state index contributed by atoms with van der Waals surface area (Å²) in [5.74, 6) is 0. The molecule has 0 saturated carbocycles. The first kappa shape index (κ1) is 18.4. The molecular weight excluding hydrogens is 280 g/mol. The lowest BCUT2D eigenvalue weighted by Gasteiger charge is -2.11. The highest BCUT2D eigenvalue weighted by molar-refractivity contribution is 5.70. The van der Waals surface area contributed by atoms with E-state index in [-0.39, 0.29) is 0 Å². The molecule has 0 radical (unpaired) electrons. The third-order valence-corrected chi connectivity index (χ3v) is 3.21. The second kappa shape index (κ2) is 10.2. The van der Waals surface area contributed by atoms with Gasteiger partial charge in [0.15, 0.2) is 0 Å². The van der Waals surface area contributed by atoms with Crippen molar-refractivity contribution in [1.82, 2.24) is 0 Å². The summed E-state index contributed by atoms with van der Waals surface area (Å²) in [5.41, 5.74) is 4.98. The molecule has 0 amide bonds. The topological polar surface area (TPSA) is 15.6 Å². The summed E-state index contributed by atoms with van der Waals surface area (Å²) in [4.78, 5) is 5.72. The van der Waals surface area contributed by atoms with Gasteiger partial charge in [-0.05, 0) is 30.2 Å². The van der Waals surface area contributed by atoms with Gasteiger partial charge in [0.1, 0.15) is 0 Å². The van der Waals surface area contributed by atoms with E-state index in [1.54, 1.807) is 19.3 Å². The first-order valence-electron chi connectivity index (χ1n) is 7.62. The summed E-state index contributed by atoms with van der Waals surface area (Å²) in [5, 5.41) is 0. The van der Waals surface area contributed by atoms with E-state index in [9.17, 15) is 0 Å². The first-order chi connectivity index (χ1) is 11.1. The molecule has 0 aliphatic rings. The van der Waals surface area contributed by atoms with Gasteiger partial charge in [-0.2, -0.15) is 0 Å². The molecular formula is C21H26N2. The Morgan fingerprint density at radius 3 is 1.70 bits per heavy atom. The molecule has 2 aromatic rings. The normalized spacial score (nSPS) is 10.4. The second-order valence-corrected chi connectivity index (χ2v) is 5.37. The van der Waals surface area contributed by atoms with Crippen LogP contribution in [0, 0.1) is 6.92 Å². The van der Waals surface area contributed by atoms with Gasteiger partial charge >= 0.3 is 0 Å². The van der Waals surface area contributed by atoms with Crippen molar-refractivity contribution in [3.05, 3.63) is 77.9 Å². The van der Waals surface area contributed by atoms with Gasteiger partial charge in [-0.3, -0.25) is 4.99 Å². The lowest BCUT2D eigenvalue weighted by atomic mass is 10.1. The van der Waals surface area contributed by atoms with Crippen molar-refractivity contribution in [3.63, 3.8) is 0 Å². The maximum atomic E-state index is 3.61. The first-order valence-corrected chi connectivity index (χ1v) is 7.62. The van der Waals surface area contributed by atoms with Crippen LogP contribution in [0.3, 0.4) is 0 Å². The third kappa shape index (κ3) is 7.28. The van der Waals surface area contributed by atoms with Gasteiger partial charge in [-0.15, -0.1) is 0 Å². The Hall–Kier alpha value is -2.61. The van der Waals surface area contributed by atoms with Crippen molar-refractivity contribution in [1.29, 1.82) is 0 Å². The summed E-state index contributed by atoms with van der Waals surface area (Å²) in [7, 11) is 5.82. The largest absolute Gasteiger partial charge is 0.378 e. The average Bonchev–Trinajstić information content (AvgIpc) is 2.56. The SMILES string of the molecule is C=CC=NC.Cc1ccc(/C=C/c2ccc(N(C)C)cc2)cc1. The van der Waals surface area contributed by atoms with Crippen molar-refractivity contribution in [2.45, 2.75) is 6.92 Å². The highest BCUT2D eigenvalue weighted by Crippen LogP contribution is 2.14. The Morgan fingerprint density at radius 1 is 0.870 bits per heavy atom. The van der Waals surface area contributed by atoms with E-state index in [1.807, 2.05) is 0 Å². The monoisotopic (exact) mass is 306 g/mol. The Bertz CT molecular complexity index is 633. The van der Waals surface area contributed by atoms with Crippen LogP contribution in [0.15, 0.2) is 66.2 Å². The van der Waals surface area contributed by atoms with Crippen LogP contribution in [0.4, 0.5) is 5.69 Å². The Labute approximate surface area is 140 Å². The van der Waals surface area contributed by atoms with Crippen LogP contribution in [0.1, 0.15) is 16.7 Å². The maximum Gasteiger partial charge on any atom is 0.0361 e. The number of hydrogen-bond acceptors (Lipinski definition) is 2. The molecule has 2 aromatic carbocycles. The molecule has 0 aliphatic heterocycles. The van der Waals surface area contributed by atoms with Crippen LogP contribution in [0.2, 0.25) is 0 Å². The zero-order valence-corrected chi connectivity index (χ0v) is 14.5. The van der Waals surface area contributed by atoms with E-state index >= 15 is 0 Å². The fraction of sp³-hybridized carbons (Fsp3) is 0.190. The van der Waals surface area contributed by atoms with E-state index in [0.29, 0.717) is 0 Å². The fourth-order valence-corrected chi connectivity index (χ4v) is 1.86. The molecule has 0 saturated heterocycles. The summed E-state index contributed by atoms with van der Waals surface area (Å²) >= 11 is 0. The molecule has 0 atom stereocenters. The summed E-state index contributed by atoms with van der Waals surface area (Å²) < 4.78 is 0. The van der Waals surface area contributed by atoms with Crippen molar-refractivity contribution in [2.75, 3.05) is 26.0 Å². The Kier molecular flexibility index (Phi) is 8.16. The number of aryl methyl sites for hydroxylation is 1. The predicted molar refractivity (Wildman–Crippen MR) is 105 cm³/mol. The molecule has 0 heterocycles. The number of aliphatic imine (C=N–C) groups is 1. The number of allylic oxidation sites excluding steroid dienone is 1. The molecule has 0 bridgehead atoms. The third-order valence-electron chi connectivity index (χ3n) is 3.21. The van der Waals surface area contributed by atoms with Gasteiger partial charge in [-0.25, -0.2) is 0 Å². The average molecular weight is 306 g/mol. The second-order valence-electron chi connectivity index (χ2n) is 5.37. The standard InChI is InChI=1S/C17H19N.C4H7N/c1-14-4-6-15(7-5-14)8-9-16-10-12-17(13-11-16)18(2)3;1-3-4-5-2/h4-13H,1-3H3;3-4H,1H2,2H3/b9-8+;. The van der Waals surface area contributed by atoms with Crippen LogP contribution in [-0.4, -0.2) is 27.4 Å². The fourth-order valence-electron chi connectivity index (χ4n) is 1.86. The molecule has 0 aromatic heterocycles. The van der Waals surface area contributed by atoms with E-state index < -0.39 is 0 Å². The van der Waals surface area contributed by atoms with Gasteiger partial charge in [0, 0.05) is 33.0 Å². The van der Waals surface area contributed by atoms with Crippen molar-refractivity contribution < 1.29 is 0 Å². The summed E-state index contributed by atoms with van der Waals surface area (Å²) in [6, 6.07) is 17.1. The Balaban J connectivity index is 0.000000463. The van der Waals surface area contributed by atoms with Gasteiger partial charge in [-0.1, -0.05) is 66.8 Å². The molecule has 120 valence electrons. The number of nitrogens with zero attached hydrogens (tertiary/aromatic N) is 2. The minimum atomic E-state index is 1.22. The van der Waals surface area contributed by atoms with E-state index in [4.69, 9.17) is 0 Å². The predicted octanol–water partition coefficient (Wildman–Crippen LogP) is 5.10. The highest BCUT2D eigenvalue weighted by Gasteiger charge is 1.93. The quantitative estimate of drug-likeness (QED) is 0.566. The van der Waals surface area contributed by atoms with Gasteiger partial charge in [0.2, 0.25) is 0 Å². The zero-order chi connectivity index (χ0) is 17.1. The minimum Gasteiger partial charge on any atom is -0.378 e. The number of benzene rings is 2. The lowest BCUT2D eigenvalue weighted by molar-refractivity contribution is 1.13. The number of rotatable bonds is 4. The van der Waals surface area contributed by atoms with Crippen molar-refractivity contribution >= 4 is 24.1 Å². The van der Waals surface area contributed by atoms with Crippen LogP contribution >= 0.6 is 0 Å². The number of anilines is 1. The minimum absolute atomic E-state index is 1.22. The molecule has 0 spiro atoms. The molecule has 0 fully saturated rings. The molecule has 2 rings (SSSR count). The van der Waals surface area contributed by atoms with Crippen LogP contribution in [-0.2, 0) is 0 Å². The molecule has 0 unspecified atom stereocenters. The Morgan fingerprint density at radius 2 is 1.35 bits per heavy atom. The molecule has 23 heavy (non-hydrogen) atoms. The van der Waals surface area contributed by atoms with Crippen LogP contribution in [0.25, 0.3) is 12.2 Å². The van der Waals surface area contributed by atoms with Crippen molar-refractivity contribution in [3.8, 4) is 0 Å². The van der Waals surface area contributed by atoms with E-state index in [0.717, 1.165) is 0 Å². The summed E-state index contributed by atoms with van der Waals surface area (Å²) in [6.07, 6.45) is 7.56. The van der Waals surface area contributed by atoms with E-state index in [1.165, 1.54) is 22.4 Å². The molecule has 0 aliphatic carbocycles. The molecule has 2 nitrogen and oxygen atoms in total. The maximum absolute atomic E-state index is 3.61. The lowest BCUT2D eigenvalue weighted by Crippen LogP contribution is -2.07. The van der Waals surface area contributed by atoms with Crippen molar-refractivity contribution in [2.24, 2.45) is 4.99 Å². The van der Waals surface area contributed by atoms with E-state index in [2.05, 4.69) is 98.2 Å². The zero-order valence-electron chi connectivity index (χ0n) is 14.5. The number of hydrogen-bond donors (Lipinski definition) is 0. The smallest absolute Gasteiger partial charge is 0.0361 e. The van der Waals surface area contributed by atoms with Gasteiger partial charge in [0.25, 0.3) is 0 Å². The van der Waals surface area contributed by atoms with Crippen LogP contribution < -0.4 is 4.90 Å².